The third-order valence-corrected chi connectivity index (χ3v) is 3.25. The fourth-order valence-electron chi connectivity index (χ4n) is 2.20. The summed E-state index contributed by atoms with van der Waals surface area (Å²) in [4.78, 5) is 0. The average Bonchev–Trinajstić information content (AvgIpc) is 2.77. The van der Waals surface area contributed by atoms with Gasteiger partial charge in [-0.1, -0.05) is 0 Å². The minimum Gasteiger partial charge on any atom is -0.389 e. The van der Waals surface area contributed by atoms with Crippen LogP contribution in [-0.4, -0.2) is 50.2 Å². The monoisotopic (exact) mass is 245 g/mol. The Bertz CT molecular complexity index is 191. The van der Waals surface area contributed by atoms with Crippen LogP contribution < -0.4 is 5.32 Å². The van der Waals surface area contributed by atoms with E-state index in [1.165, 1.54) is 12.8 Å². The van der Waals surface area contributed by atoms with Gasteiger partial charge in [0.05, 0.1) is 18.3 Å². The third kappa shape index (κ3) is 6.99. The number of nitrogens with one attached hydrogen (secondary N) is 1. The lowest BCUT2D eigenvalue weighted by atomic mass is 9.97. The smallest absolute Gasteiger partial charge is 0.0743 e. The van der Waals surface area contributed by atoms with Gasteiger partial charge in [0.25, 0.3) is 0 Å². The van der Waals surface area contributed by atoms with Gasteiger partial charge in [0.1, 0.15) is 0 Å². The largest absolute Gasteiger partial charge is 0.389 e. The second-order valence-electron chi connectivity index (χ2n) is 5.19. The van der Waals surface area contributed by atoms with Gasteiger partial charge < -0.3 is 19.9 Å². The quantitative estimate of drug-likeness (QED) is 0.602. The van der Waals surface area contributed by atoms with Gasteiger partial charge in [-0.15, -0.1) is 0 Å². The maximum atomic E-state index is 10.1. The molecule has 1 aliphatic rings. The molecule has 1 heterocycles. The Morgan fingerprint density at radius 2 is 2.35 bits per heavy atom. The SMILES string of the molecule is COCCNCC(C)(O)CCCC1CCCO1. The van der Waals surface area contributed by atoms with Crippen LogP contribution in [0.5, 0.6) is 0 Å². The molecule has 1 aliphatic heterocycles. The fraction of sp³-hybridized carbons (Fsp3) is 1.00. The van der Waals surface area contributed by atoms with Gasteiger partial charge in [0.15, 0.2) is 0 Å². The molecule has 0 spiro atoms. The third-order valence-electron chi connectivity index (χ3n) is 3.25. The number of hydrogen-bond acceptors (Lipinski definition) is 4. The summed E-state index contributed by atoms with van der Waals surface area (Å²) in [6.07, 6.45) is 5.76. The van der Waals surface area contributed by atoms with Crippen molar-refractivity contribution in [1.29, 1.82) is 0 Å². The second kappa shape index (κ2) is 8.03. The first kappa shape index (κ1) is 14.9. The van der Waals surface area contributed by atoms with Crippen LogP contribution in [0.1, 0.15) is 39.0 Å². The number of rotatable bonds is 9. The van der Waals surface area contributed by atoms with Crippen LogP contribution in [0.15, 0.2) is 0 Å². The summed E-state index contributed by atoms with van der Waals surface area (Å²) in [5.74, 6) is 0. The lowest BCUT2D eigenvalue weighted by molar-refractivity contribution is 0.0391. The van der Waals surface area contributed by atoms with Gasteiger partial charge in [0, 0.05) is 26.8 Å². The molecule has 0 aromatic carbocycles. The summed E-state index contributed by atoms with van der Waals surface area (Å²) in [6, 6.07) is 0. The van der Waals surface area contributed by atoms with E-state index in [0.717, 1.165) is 32.4 Å². The van der Waals surface area contributed by atoms with Gasteiger partial charge in [-0.05, 0) is 39.0 Å². The lowest BCUT2D eigenvalue weighted by Gasteiger charge is -2.24. The minimum absolute atomic E-state index is 0.437. The molecule has 0 bridgehead atoms. The molecule has 4 nitrogen and oxygen atoms in total. The molecule has 4 heteroatoms. The predicted octanol–water partition coefficient (Wildman–Crippen LogP) is 1.32. The molecule has 0 aliphatic carbocycles. The molecule has 1 rings (SSSR count). The van der Waals surface area contributed by atoms with Gasteiger partial charge in [-0.25, -0.2) is 0 Å². The summed E-state index contributed by atoms with van der Waals surface area (Å²) >= 11 is 0. The summed E-state index contributed by atoms with van der Waals surface area (Å²) in [5.41, 5.74) is -0.619. The van der Waals surface area contributed by atoms with E-state index in [2.05, 4.69) is 5.32 Å². The zero-order valence-corrected chi connectivity index (χ0v) is 11.2. The van der Waals surface area contributed by atoms with Crippen molar-refractivity contribution < 1.29 is 14.6 Å². The van der Waals surface area contributed by atoms with Gasteiger partial charge in [-0.2, -0.15) is 0 Å². The molecule has 17 heavy (non-hydrogen) atoms. The van der Waals surface area contributed by atoms with E-state index in [4.69, 9.17) is 9.47 Å². The number of methoxy groups -OCH3 is 1. The molecule has 0 amide bonds. The molecule has 2 atom stereocenters. The molecule has 1 fully saturated rings. The molecule has 0 aromatic heterocycles. The highest BCUT2D eigenvalue weighted by atomic mass is 16.5. The molecule has 2 unspecified atom stereocenters. The molecular weight excluding hydrogens is 218 g/mol. The van der Waals surface area contributed by atoms with Crippen LogP contribution >= 0.6 is 0 Å². The van der Waals surface area contributed by atoms with E-state index in [1.54, 1.807) is 7.11 Å². The van der Waals surface area contributed by atoms with Crippen LogP contribution in [0.4, 0.5) is 0 Å². The van der Waals surface area contributed by atoms with Crippen molar-refractivity contribution in [3.05, 3.63) is 0 Å². The number of hydrogen-bond donors (Lipinski definition) is 2. The molecule has 0 saturated carbocycles. The van der Waals surface area contributed by atoms with Crippen molar-refractivity contribution in [2.24, 2.45) is 0 Å². The van der Waals surface area contributed by atoms with Gasteiger partial charge >= 0.3 is 0 Å². The van der Waals surface area contributed by atoms with Gasteiger partial charge in [0.2, 0.25) is 0 Å². The van der Waals surface area contributed by atoms with Crippen molar-refractivity contribution in [2.75, 3.05) is 33.4 Å². The molecular formula is C13H27NO3. The van der Waals surface area contributed by atoms with Crippen LogP contribution in [0.3, 0.4) is 0 Å². The Hall–Kier alpha value is -0.160. The number of ether oxygens (including phenoxy) is 2. The van der Waals surface area contributed by atoms with Crippen molar-refractivity contribution in [1.82, 2.24) is 5.32 Å². The first-order valence-electron chi connectivity index (χ1n) is 6.68. The normalized spacial score (nSPS) is 23.8. The van der Waals surface area contributed by atoms with Crippen LogP contribution in [-0.2, 0) is 9.47 Å². The van der Waals surface area contributed by atoms with Crippen LogP contribution in [0.2, 0.25) is 0 Å². The van der Waals surface area contributed by atoms with E-state index in [-0.39, 0.29) is 0 Å². The maximum absolute atomic E-state index is 10.1. The number of aliphatic hydroxyl groups is 1. The van der Waals surface area contributed by atoms with Gasteiger partial charge in [-0.3, -0.25) is 0 Å². The fourth-order valence-corrected chi connectivity index (χ4v) is 2.20. The molecule has 2 N–H and O–H groups in total. The highest BCUT2D eigenvalue weighted by molar-refractivity contribution is 4.76. The van der Waals surface area contributed by atoms with Crippen molar-refractivity contribution in [2.45, 2.75) is 50.7 Å². The summed E-state index contributed by atoms with van der Waals surface area (Å²) in [5, 5.41) is 13.3. The molecule has 102 valence electrons. The highest BCUT2D eigenvalue weighted by Crippen LogP contribution is 2.20. The molecule has 0 radical (unpaired) electrons. The highest BCUT2D eigenvalue weighted by Gasteiger charge is 2.21. The Labute approximate surface area is 105 Å². The minimum atomic E-state index is -0.619. The lowest BCUT2D eigenvalue weighted by Crippen LogP contribution is -2.39. The Morgan fingerprint density at radius 3 is 3.00 bits per heavy atom. The topological polar surface area (TPSA) is 50.7 Å². The van der Waals surface area contributed by atoms with E-state index in [9.17, 15) is 5.11 Å². The first-order chi connectivity index (χ1) is 8.14. The zero-order chi connectivity index (χ0) is 12.6. The van der Waals surface area contributed by atoms with E-state index < -0.39 is 5.60 Å². The second-order valence-corrected chi connectivity index (χ2v) is 5.19. The van der Waals surface area contributed by atoms with Crippen LogP contribution in [0.25, 0.3) is 0 Å². The Balaban J connectivity index is 2.02. The summed E-state index contributed by atoms with van der Waals surface area (Å²) in [7, 11) is 1.68. The Kier molecular flexibility index (Phi) is 7.04. The van der Waals surface area contributed by atoms with E-state index in [0.29, 0.717) is 19.3 Å². The van der Waals surface area contributed by atoms with Crippen molar-refractivity contribution in [3.8, 4) is 0 Å². The van der Waals surface area contributed by atoms with E-state index >= 15 is 0 Å². The predicted molar refractivity (Wildman–Crippen MR) is 68.2 cm³/mol. The van der Waals surface area contributed by atoms with E-state index in [1.807, 2.05) is 6.92 Å². The van der Waals surface area contributed by atoms with Crippen molar-refractivity contribution in [3.63, 3.8) is 0 Å². The average molecular weight is 245 g/mol. The summed E-state index contributed by atoms with van der Waals surface area (Å²) < 4.78 is 10.5. The molecule has 1 saturated heterocycles. The van der Waals surface area contributed by atoms with Crippen molar-refractivity contribution >= 4 is 0 Å². The zero-order valence-electron chi connectivity index (χ0n) is 11.2. The van der Waals surface area contributed by atoms with Crippen LogP contribution in [0, 0.1) is 0 Å². The first-order valence-corrected chi connectivity index (χ1v) is 6.68. The standard InChI is InChI=1S/C13H27NO3/c1-13(15,11-14-8-10-16-2)7-3-5-12-6-4-9-17-12/h12,14-15H,3-11H2,1-2H3. The summed E-state index contributed by atoms with van der Waals surface area (Å²) in [6.45, 7) is 4.91. The Morgan fingerprint density at radius 1 is 1.53 bits per heavy atom. The maximum Gasteiger partial charge on any atom is 0.0743 e. The molecule has 0 aromatic rings.